The standard InChI is InChI=1S/C28H28F2N4O2/c29-23-7-5-21(6-8-23)20-33-13-2-14-34(28(33)36)26-4-1-3-22(19-26)27(35)32-17-15-31(16-18-32)25-11-9-24(30)10-12-25/h1,3-12,19H,2,13-18,20H2. The minimum atomic E-state index is -0.302. The number of carbonyl (C=O) groups is 2. The van der Waals surface area contributed by atoms with Gasteiger partial charge in [0.1, 0.15) is 11.6 Å². The first-order valence-corrected chi connectivity index (χ1v) is 12.2. The van der Waals surface area contributed by atoms with Crippen molar-refractivity contribution in [1.82, 2.24) is 9.80 Å². The zero-order valence-corrected chi connectivity index (χ0v) is 19.9. The number of halogens is 2. The second-order valence-electron chi connectivity index (χ2n) is 9.14. The molecule has 6 nitrogen and oxygen atoms in total. The van der Waals surface area contributed by atoms with Gasteiger partial charge in [-0.25, -0.2) is 13.6 Å². The van der Waals surface area contributed by atoms with Gasteiger partial charge in [0.25, 0.3) is 5.91 Å². The Balaban J connectivity index is 1.24. The van der Waals surface area contributed by atoms with E-state index in [1.807, 2.05) is 17.0 Å². The third-order valence-corrected chi connectivity index (χ3v) is 6.76. The highest BCUT2D eigenvalue weighted by atomic mass is 19.1. The van der Waals surface area contributed by atoms with Crippen molar-refractivity contribution in [2.45, 2.75) is 13.0 Å². The van der Waals surface area contributed by atoms with E-state index in [1.54, 1.807) is 46.2 Å². The summed E-state index contributed by atoms with van der Waals surface area (Å²) >= 11 is 0. The zero-order chi connectivity index (χ0) is 25.1. The van der Waals surface area contributed by atoms with Crippen LogP contribution in [0.3, 0.4) is 0 Å². The summed E-state index contributed by atoms with van der Waals surface area (Å²) in [6, 6.07) is 19.7. The molecular weight excluding hydrogens is 462 g/mol. The molecule has 0 aliphatic carbocycles. The van der Waals surface area contributed by atoms with E-state index in [0.717, 1.165) is 17.7 Å². The maximum atomic E-state index is 13.3. The van der Waals surface area contributed by atoms with Gasteiger partial charge >= 0.3 is 6.03 Å². The van der Waals surface area contributed by atoms with E-state index in [2.05, 4.69) is 4.90 Å². The Morgan fingerprint density at radius 1 is 0.750 bits per heavy atom. The molecule has 0 unspecified atom stereocenters. The average molecular weight is 491 g/mol. The molecule has 2 fully saturated rings. The number of nitrogens with zero attached hydrogens (tertiary/aromatic N) is 4. The molecule has 0 aromatic heterocycles. The lowest BCUT2D eigenvalue weighted by molar-refractivity contribution is 0.0746. The van der Waals surface area contributed by atoms with E-state index < -0.39 is 0 Å². The summed E-state index contributed by atoms with van der Waals surface area (Å²) in [5.74, 6) is -0.634. The predicted octanol–water partition coefficient (Wildman–Crippen LogP) is 4.76. The van der Waals surface area contributed by atoms with Crippen LogP contribution in [0.4, 0.5) is 25.0 Å². The molecule has 2 aliphatic heterocycles. The third kappa shape index (κ3) is 5.17. The van der Waals surface area contributed by atoms with Crippen molar-refractivity contribution in [3.63, 3.8) is 0 Å². The van der Waals surface area contributed by atoms with Crippen LogP contribution in [-0.2, 0) is 6.54 Å². The number of hydrogen-bond donors (Lipinski definition) is 0. The first kappa shape index (κ1) is 23.8. The van der Waals surface area contributed by atoms with Crippen molar-refractivity contribution < 1.29 is 18.4 Å². The van der Waals surface area contributed by atoms with Crippen molar-refractivity contribution in [3.8, 4) is 0 Å². The molecule has 3 amide bonds. The number of piperazine rings is 1. The molecule has 2 heterocycles. The van der Waals surface area contributed by atoms with Gasteiger partial charge in [-0.2, -0.15) is 0 Å². The summed E-state index contributed by atoms with van der Waals surface area (Å²) in [5.41, 5.74) is 3.06. The number of rotatable bonds is 5. The second-order valence-corrected chi connectivity index (χ2v) is 9.14. The van der Waals surface area contributed by atoms with Crippen LogP contribution in [0, 0.1) is 11.6 Å². The summed E-state index contributed by atoms with van der Waals surface area (Å²) in [4.78, 5) is 33.9. The van der Waals surface area contributed by atoms with Crippen LogP contribution in [-0.4, -0.2) is 61.0 Å². The summed E-state index contributed by atoms with van der Waals surface area (Å²) < 4.78 is 26.5. The van der Waals surface area contributed by atoms with Crippen LogP contribution in [0.5, 0.6) is 0 Å². The molecule has 0 atom stereocenters. The van der Waals surface area contributed by atoms with E-state index >= 15 is 0 Å². The fourth-order valence-electron chi connectivity index (χ4n) is 4.79. The van der Waals surface area contributed by atoms with E-state index in [-0.39, 0.29) is 23.6 Å². The van der Waals surface area contributed by atoms with Crippen LogP contribution >= 0.6 is 0 Å². The van der Waals surface area contributed by atoms with Gasteiger partial charge in [-0.3, -0.25) is 9.69 Å². The Hall–Kier alpha value is -3.94. The third-order valence-electron chi connectivity index (χ3n) is 6.76. The van der Waals surface area contributed by atoms with Crippen molar-refractivity contribution in [3.05, 3.63) is 95.6 Å². The van der Waals surface area contributed by atoms with Crippen molar-refractivity contribution >= 4 is 23.3 Å². The lowest BCUT2D eigenvalue weighted by atomic mass is 10.1. The van der Waals surface area contributed by atoms with E-state index in [4.69, 9.17) is 0 Å². The van der Waals surface area contributed by atoms with Gasteiger partial charge < -0.3 is 14.7 Å². The van der Waals surface area contributed by atoms with Gasteiger partial charge in [-0.05, 0) is 66.6 Å². The Bertz CT molecular complexity index is 1230. The Labute approximate surface area is 209 Å². The zero-order valence-electron chi connectivity index (χ0n) is 19.9. The fourth-order valence-corrected chi connectivity index (χ4v) is 4.79. The lowest BCUT2D eigenvalue weighted by Gasteiger charge is -2.37. The van der Waals surface area contributed by atoms with Gasteiger partial charge in [0.2, 0.25) is 0 Å². The number of benzene rings is 3. The molecule has 186 valence electrons. The molecular formula is C28H28F2N4O2. The normalized spacial score (nSPS) is 16.4. The van der Waals surface area contributed by atoms with Crippen molar-refractivity contribution in [2.24, 2.45) is 0 Å². The van der Waals surface area contributed by atoms with Gasteiger partial charge in [0, 0.05) is 62.8 Å². The van der Waals surface area contributed by atoms with Crippen molar-refractivity contribution in [2.75, 3.05) is 49.1 Å². The predicted molar refractivity (Wildman–Crippen MR) is 135 cm³/mol. The minimum absolute atomic E-state index is 0.0665. The summed E-state index contributed by atoms with van der Waals surface area (Å²) in [5, 5.41) is 0. The van der Waals surface area contributed by atoms with Crippen LogP contribution in [0.2, 0.25) is 0 Å². The highest BCUT2D eigenvalue weighted by Gasteiger charge is 2.28. The number of urea groups is 1. The quantitative estimate of drug-likeness (QED) is 0.518. The highest BCUT2D eigenvalue weighted by molar-refractivity contribution is 5.98. The SMILES string of the molecule is O=C(c1cccc(N2CCCN(Cc3ccc(F)cc3)C2=O)c1)N1CCN(c2ccc(F)cc2)CC1. The molecule has 0 bridgehead atoms. The monoisotopic (exact) mass is 490 g/mol. The maximum Gasteiger partial charge on any atom is 0.324 e. The van der Waals surface area contributed by atoms with Gasteiger partial charge in [-0.15, -0.1) is 0 Å². The lowest BCUT2D eigenvalue weighted by Crippen LogP contribution is -2.49. The molecule has 0 saturated carbocycles. The number of carbonyl (C=O) groups excluding carboxylic acids is 2. The van der Waals surface area contributed by atoms with E-state index in [0.29, 0.717) is 57.1 Å². The molecule has 0 spiro atoms. The van der Waals surface area contributed by atoms with Gasteiger partial charge in [0.05, 0.1) is 0 Å². The number of hydrogen-bond acceptors (Lipinski definition) is 3. The average Bonchev–Trinajstić information content (AvgIpc) is 2.91. The molecule has 36 heavy (non-hydrogen) atoms. The molecule has 5 rings (SSSR count). The van der Waals surface area contributed by atoms with Crippen molar-refractivity contribution in [1.29, 1.82) is 0 Å². The maximum absolute atomic E-state index is 13.3. The summed E-state index contributed by atoms with van der Waals surface area (Å²) in [7, 11) is 0. The summed E-state index contributed by atoms with van der Waals surface area (Å²) in [6.45, 7) is 4.08. The first-order valence-electron chi connectivity index (χ1n) is 12.2. The first-order chi connectivity index (χ1) is 17.5. The van der Waals surface area contributed by atoms with Crippen LogP contribution in [0.1, 0.15) is 22.3 Å². The van der Waals surface area contributed by atoms with Crippen LogP contribution in [0.15, 0.2) is 72.8 Å². The van der Waals surface area contributed by atoms with Crippen LogP contribution < -0.4 is 9.80 Å². The molecule has 2 aliphatic rings. The smallest absolute Gasteiger partial charge is 0.324 e. The second kappa shape index (κ2) is 10.4. The largest absolute Gasteiger partial charge is 0.368 e. The molecule has 0 radical (unpaired) electrons. The Morgan fingerprint density at radius 3 is 2.11 bits per heavy atom. The molecule has 3 aromatic rings. The van der Waals surface area contributed by atoms with Crippen LogP contribution in [0.25, 0.3) is 0 Å². The minimum Gasteiger partial charge on any atom is -0.368 e. The summed E-state index contributed by atoms with van der Waals surface area (Å²) in [6.07, 6.45) is 0.802. The molecule has 3 aromatic carbocycles. The van der Waals surface area contributed by atoms with E-state index in [9.17, 15) is 18.4 Å². The Kier molecular flexibility index (Phi) is 6.84. The number of amides is 3. The van der Waals surface area contributed by atoms with Gasteiger partial charge in [0.15, 0.2) is 0 Å². The topological polar surface area (TPSA) is 47.1 Å². The van der Waals surface area contributed by atoms with E-state index in [1.165, 1.54) is 24.3 Å². The number of anilines is 2. The molecule has 0 N–H and O–H groups in total. The molecule has 8 heteroatoms. The molecule has 2 saturated heterocycles. The van der Waals surface area contributed by atoms with Gasteiger partial charge in [-0.1, -0.05) is 18.2 Å². The highest BCUT2D eigenvalue weighted by Crippen LogP contribution is 2.24. The Morgan fingerprint density at radius 2 is 1.42 bits per heavy atom. The fraction of sp³-hybridized carbons (Fsp3) is 0.286.